The topological polar surface area (TPSA) is 63.2 Å². The van der Waals surface area contributed by atoms with Crippen molar-refractivity contribution >= 4 is 20.7 Å². The van der Waals surface area contributed by atoms with Gasteiger partial charge in [0.1, 0.15) is 5.82 Å². The van der Waals surface area contributed by atoms with Crippen LogP contribution in [0.3, 0.4) is 0 Å². The highest BCUT2D eigenvalue weighted by Crippen LogP contribution is 2.33. The lowest BCUT2D eigenvalue weighted by Crippen LogP contribution is -2.25. The van der Waals surface area contributed by atoms with E-state index in [1.165, 1.54) is 0 Å². The van der Waals surface area contributed by atoms with Crippen LogP contribution < -0.4 is 0 Å². The van der Waals surface area contributed by atoms with E-state index in [9.17, 15) is 8.42 Å². The summed E-state index contributed by atoms with van der Waals surface area (Å²) in [6.45, 7) is 4.41. The number of rotatable bonds is 2. The van der Waals surface area contributed by atoms with Crippen LogP contribution in [0.5, 0.6) is 0 Å². The van der Waals surface area contributed by atoms with E-state index >= 15 is 0 Å². The Morgan fingerprint density at radius 2 is 1.82 bits per heavy atom. The van der Waals surface area contributed by atoms with Crippen molar-refractivity contribution in [1.29, 1.82) is 0 Å². The zero-order valence-corrected chi connectivity index (χ0v) is 13.4. The summed E-state index contributed by atoms with van der Waals surface area (Å²) in [7, 11) is -2.80. The number of hydrogen-bond acceptors (Lipinski definition) is 5. The van der Waals surface area contributed by atoms with E-state index in [-0.39, 0.29) is 0 Å². The largest absolute Gasteiger partial charge is 0.295 e. The maximum absolute atomic E-state index is 11.7. The molecular formula is C16H19N3O2S. The molecule has 2 aromatic rings. The Morgan fingerprint density at radius 3 is 2.55 bits per heavy atom. The number of aryl methyl sites for hydroxylation is 1. The standard InChI is InChI=1S/C16H19N3O2S/c1-11-14-4-2-3-5-15(14)18-16(17-11)8-19-6-12-9-22(20,21)10-13(12)7-19/h2-5,12-13H,6-10H2,1H3/t12-,13+. The molecule has 5 nitrogen and oxygen atoms in total. The minimum absolute atomic E-state index is 0.298. The number of para-hydroxylation sites is 1. The van der Waals surface area contributed by atoms with Crippen LogP contribution >= 0.6 is 0 Å². The molecule has 6 heteroatoms. The lowest BCUT2D eigenvalue weighted by Gasteiger charge is -2.16. The van der Waals surface area contributed by atoms with Gasteiger partial charge < -0.3 is 0 Å². The van der Waals surface area contributed by atoms with Gasteiger partial charge in [0.2, 0.25) is 0 Å². The number of aromatic nitrogens is 2. The second kappa shape index (κ2) is 4.99. The molecule has 0 aliphatic carbocycles. The van der Waals surface area contributed by atoms with Gasteiger partial charge in [-0.1, -0.05) is 18.2 Å². The maximum Gasteiger partial charge on any atom is 0.150 e. The number of sulfone groups is 1. The van der Waals surface area contributed by atoms with Gasteiger partial charge in [0.25, 0.3) is 0 Å². The minimum Gasteiger partial charge on any atom is -0.295 e. The summed E-state index contributed by atoms with van der Waals surface area (Å²) in [5.41, 5.74) is 1.98. The summed E-state index contributed by atoms with van der Waals surface area (Å²) in [5.74, 6) is 2.13. The highest BCUT2D eigenvalue weighted by Gasteiger charge is 2.43. The molecule has 1 aromatic carbocycles. The summed E-state index contributed by atoms with van der Waals surface area (Å²) >= 11 is 0. The molecule has 2 aliphatic rings. The van der Waals surface area contributed by atoms with Gasteiger partial charge in [-0.3, -0.25) is 4.90 Å². The molecule has 3 heterocycles. The first kappa shape index (κ1) is 14.1. The number of benzene rings is 1. The molecule has 22 heavy (non-hydrogen) atoms. The van der Waals surface area contributed by atoms with Gasteiger partial charge in [0.15, 0.2) is 9.84 Å². The van der Waals surface area contributed by atoms with Gasteiger partial charge in [-0.05, 0) is 24.8 Å². The fraction of sp³-hybridized carbons (Fsp3) is 0.500. The molecule has 2 fully saturated rings. The Kier molecular flexibility index (Phi) is 3.20. The number of hydrogen-bond donors (Lipinski definition) is 0. The third-order valence-corrected chi connectivity index (χ3v) is 6.67. The first-order chi connectivity index (χ1) is 10.5. The predicted molar refractivity (Wildman–Crippen MR) is 85.2 cm³/mol. The quantitative estimate of drug-likeness (QED) is 0.838. The molecule has 1 aromatic heterocycles. The molecule has 0 radical (unpaired) electrons. The zero-order chi connectivity index (χ0) is 15.3. The van der Waals surface area contributed by atoms with Crippen molar-refractivity contribution in [3.8, 4) is 0 Å². The number of likely N-dealkylation sites (tertiary alicyclic amines) is 1. The molecular weight excluding hydrogens is 298 g/mol. The van der Waals surface area contributed by atoms with Crippen LogP contribution in [-0.4, -0.2) is 47.9 Å². The number of nitrogens with zero attached hydrogens (tertiary/aromatic N) is 3. The van der Waals surface area contributed by atoms with E-state index in [1.54, 1.807) is 0 Å². The van der Waals surface area contributed by atoms with Gasteiger partial charge in [-0.15, -0.1) is 0 Å². The van der Waals surface area contributed by atoms with E-state index < -0.39 is 9.84 Å². The van der Waals surface area contributed by atoms with Crippen molar-refractivity contribution < 1.29 is 8.42 Å². The summed E-state index contributed by atoms with van der Waals surface area (Å²) in [4.78, 5) is 11.6. The van der Waals surface area contributed by atoms with Crippen molar-refractivity contribution in [2.45, 2.75) is 13.5 Å². The summed E-state index contributed by atoms with van der Waals surface area (Å²) in [6, 6.07) is 8.04. The summed E-state index contributed by atoms with van der Waals surface area (Å²) in [5, 5.41) is 1.09. The van der Waals surface area contributed by atoms with Crippen molar-refractivity contribution in [3.63, 3.8) is 0 Å². The SMILES string of the molecule is Cc1nc(CN2C[C@@H]3CS(=O)(=O)C[C@@H]3C2)nc2ccccc12. The van der Waals surface area contributed by atoms with Crippen LogP contribution in [0.25, 0.3) is 10.9 Å². The van der Waals surface area contributed by atoms with Gasteiger partial charge >= 0.3 is 0 Å². The fourth-order valence-corrected chi connectivity index (χ4v) is 6.02. The maximum atomic E-state index is 11.7. The van der Waals surface area contributed by atoms with Gasteiger partial charge in [0.05, 0.1) is 23.6 Å². The summed E-state index contributed by atoms with van der Waals surface area (Å²) in [6.07, 6.45) is 0. The molecule has 0 amide bonds. The Hall–Kier alpha value is -1.53. The van der Waals surface area contributed by atoms with Gasteiger partial charge in [0, 0.05) is 24.2 Å². The van der Waals surface area contributed by atoms with E-state index in [0.717, 1.165) is 35.5 Å². The highest BCUT2D eigenvalue weighted by molar-refractivity contribution is 7.91. The number of fused-ring (bicyclic) bond motifs is 2. The molecule has 2 atom stereocenters. The molecule has 116 valence electrons. The second-order valence-corrected chi connectivity index (χ2v) is 8.69. The second-order valence-electron chi connectivity index (χ2n) is 6.53. The normalized spacial score (nSPS) is 27.3. The fourth-order valence-electron chi connectivity index (χ4n) is 3.83. The average molecular weight is 317 g/mol. The summed E-state index contributed by atoms with van der Waals surface area (Å²) < 4.78 is 23.3. The minimum atomic E-state index is -2.80. The van der Waals surface area contributed by atoms with E-state index in [1.807, 2.05) is 31.2 Å². The molecule has 4 rings (SSSR count). The van der Waals surface area contributed by atoms with E-state index in [2.05, 4.69) is 14.9 Å². The predicted octanol–water partition coefficient (Wildman–Crippen LogP) is 1.41. The lowest BCUT2D eigenvalue weighted by atomic mass is 10.0. The zero-order valence-electron chi connectivity index (χ0n) is 12.6. The highest BCUT2D eigenvalue weighted by atomic mass is 32.2. The van der Waals surface area contributed by atoms with Crippen LogP contribution in [0.2, 0.25) is 0 Å². The van der Waals surface area contributed by atoms with Crippen molar-refractivity contribution in [2.75, 3.05) is 24.6 Å². The third-order valence-electron chi connectivity index (χ3n) is 4.79. The van der Waals surface area contributed by atoms with Crippen LogP contribution in [0.4, 0.5) is 0 Å². The smallest absolute Gasteiger partial charge is 0.150 e. The van der Waals surface area contributed by atoms with Crippen LogP contribution in [0, 0.1) is 18.8 Å². The lowest BCUT2D eigenvalue weighted by molar-refractivity contribution is 0.307. The monoisotopic (exact) mass is 317 g/mol. The molecule has 0 saturated carbocycles. The van der Waals surface area contributed by atoms with Crippen molar-refractivity contribution in [1.82, 2.24) is 14.9 Å². The third kappa shape index (κ3) is 2.50. The Labute approximate surface area is 130 Å². The Bertz CT molecular complexity index is 814. The molecule has 2 aliphatic heterocycles. The van der Waals surface area contributed by atoms with E-state index in [4.69, 9.17) is 0 Å². The molecule has 2 saturated heterocycles. The van der Waals surface area contributed by atoms with Crippen molar-refractivity contribution in [3.05, 3.63) is 35.8 Å². The Morgan fingerprint density at radius 1 is 1.14 bits per heavy atom. The first-order valence-electron chi connectivity index (χ1n) is 7.65. The molecule has 0 unspecified atom stereocenters. The van der Waals surface area contributed by atoms with Crippen LogP contribution in [0.1, 0.15) is 11.5 Å². The first-order valence-corrected chi connectivity index (χ1v) is 9.47. The average Bonchev–Trinajstić information content (AvgIpc) is 2.91. The van der Waals surface area contributed by atoms with Gasteiger partial charge in [-0.2, -0.15) is 0 Å². The Balaban J connectivity index is 1.53. The molecule has 0 bridgehead atoms. The van der Waals surface area contributed by atoms with Crippen LogP contribution in [0.15, 0.2) is 24.3 Å². The van der Waals surface area contributed by atoms with Gasteiger partial charge in [-0.25, -0.2) is 18.4 Å². The van der Waals surface area contributed by atoms with Crippen LogP contribution in [-0.2, 0) is 16.4 Å². The molecule has 0 spiro atoms. The van der Waals surface area contributed by atoms with E-state index in [0.29, 0.717) is 29.9 Å². The molecule has 0 N–H and O–H groups in total. The van der Waals surface area contributed by atoms with Crippen molar-refractivity contribution in [2.24, 2.45) is 11.8 Å².